The maximum Gasteiger partial charge on any atom is 0.325 e. The van der Waals surface area contributed by atoms with Crippen LogP contribution in [0.15, 0.2) is 17.5 Å². The van der Waals surface area contributed by atoms with Crippen LogP contribution in [0.2, 0.25) is 0 Å². The number of hydrogen-bond acceptors (Lipinski definition) is 8. The van der Waals surface area contributed by atoms with Crippen molar-refractivity contribution >= 4 is 35.6 Å². The van der Waals surface area contributed by atoms with Crippen molar-refractivity contribution in [1.82, 2.24) is 25.9 Å². The lowest BCUT2D eigenvalue weighted by atomic mass is 10.1. The van der Waals surface area contributed by atoms with E-state index in [2.05, 4.69) is 30.9 Å². The Hall–Kier alpha value is -4.21. The van der Waals surface area contributed by atoms with Crippen LogP contribution < -0.4 is 33.2 Å². The highest BCUT2D eigenvalue weighted by molar-refractivity contribution is 5.94. The number of carboxylic acid groups (broad SMARTS) is 2. The topological polar surface area (TPSA) is 281 Å². The van der Waals surface area contributed by atoms with Crippen molar-refractivity contribution in [1.29, 1.82) is 0 Å². The van der Waals surface area contributed by atoms with Crippen molar-refractivity contribution < 1.29 is 34.2 Å². The summed E-state index contributed by atoms with van der Waals surface area (Å²) in [7, 11) is 0. The molecule has 4 unspecified atom stereocenters. The maximum atomic E-state index is 13.0. The summed E-state index contributed by atoms with van der Waals surface area (Å²) >= 11 is 0. The highest BCUT2D eigenvalue weighted by Gasteiger charge is 2.29. The van der Waals surface area contributed by atoms with E-state index in [-0.39, 0.29) is 38.2 Å². The van der Waals surface area contributed by atoms with E-state index in [9.17, 15) is 24.0 Å². The minimum atomic E-state index is -1.37. The van der Waals surface area contributed by atoms with Crippen LogP contribution in [0, 0.1) is 0 Å². The molecule has 0 aliphatic rings. The molecule has 0 fully saturated rings. The summed E-state index contributed by atoms with van der Waals surface area (Å²) in [6, 6.07) is -4.85. The Labute approximate surface area is 206 Å². The van der Waals surface area contributed by atoms with E-state index >= 15 is 0 Å². The van der Waals surface area contributed by atoms with E-state index in [0.29, 0.717) is 5.69 Å². The van der Waals surface area contributed by atoms with E-state index in [0.717, 1.165) is 0 Å². The van der Waals surface area contributed by atoms with Gasteiger partial charge in [0.15, 0.2) is 5.96 Å². The van der Waals surface area contributed by atoms with Gasteiger partial charge in [-0.2, -0.15) is 0 Å². The molecule has 0 radical (unpaired) electrons. The van der Waals surface area contributed by atoms with Gasteiger partial charge in [-0.25, -0.2) is 4.98 Å². The molecule has 0 aliphatic heterocycles. The number of H-pyrrole nitrogens is 1. The first kappa shape index (κ1) is 29.8. The predicted molar refractivity (Wildman–Crippen MR) is 126 cm³/mol. The van der Waals surface area contributed by atoms with Gasteiger partial charge in [0.05, 0.1) is 12.4 Å². The Kier molecular flexibility index (Phi) is 12.4. The van der Waals surface area contributed by atoms with E-state index in [4.69, 9.17) is 27.4 Å². The van der Waals surface area contributed by atoms with Gasteiger partial charge in [-0.3, -0.25) is 29.0 Å². The fourth-order valence-corrected chi connectivity index (χ4v) is 2.96. The number of carbonyl (C=O) groups is 5. The number of aromatic amines is 1. The number of hydrogen-bond donors (Lipinski definition) is 9. The van der Waals surface area contributed by atoms with Crippen LogP contribution in [0.5, 0.6) is 0 Å². The maximum absolute atomic E-state index is 13.0. The smallest absolute Gasteiger partial charge is 0.325 e. The minimum Gasteiger partial charge on any atom is -0.481 e. The molecule has 200 valence electrons. The molecule has 0 aromatic carbocycles. The molecule has 0 bridgehead atoms. The molecule has 0 saturated heterocycles. The molecule has 1 heterocycles. The summed E-state index contributed by atoms with van der Waals surface area (Å²) in [4.78, 5) is 70.7. The number of nitrogens with two attached hydrogens (primary N) is 3. The van der Waals surface area contributed by atoms with Crippen molar-refractivity contribution in [3.05, 3.63) is 18.2 Å². The summed E-state index contributed by atoms with van der Waals surface area (Å²) in [5, 5.41) is 25.1. The normalized spacial score (nSPS) is 13.9. The number of aliphatic carboxylic acids is 2. The van der Waals surface area contributed by atoms with E-state index in [1.807, 2.05) is 0 Å². The number of amides is 3. The third kappa shape index (κ3) is 11.3. The van der Waals surface area contributed by atoms with Crippen LogP contribution in [0.4, 0.5) is 0 Å². The second-order valence-corrected chi connectivity index (χ2v) is 7.96. The predicted octanol–water partition coefficient (Wildman–Crippen LogP) is -3.24. The first-order valence-electron chi connectivity index (χ1n) is 11.0. The third-order valence-electron chi connectivity index (χ3n) is 4.92. The number of carboxylic acids is 2. The summed E-state index contributed by atoms with van der Waals surface area (Å²) < 4.78 is 0. The third-order valence-corrected chi connectivity index (χ3v) is 4.92. The zero-order chi connectivity index (χ0) is 27.3. The average Bonchev–Trinajstić information content (AvgIpc) is 3.30. The highest BCUT2D eigenvalue weighted by Crippen LogP contribution is 2.05. The fraction of sp³-hybridized carbons (Fsp3) is 0.550. The minimum absolute atomic E-state index is 0.0595. The number of carbonyl (C=O) groups excluding carboxylic acids is 3. The number of aliphatic imine (C=N–C) groups is 1. The Morgan fingerprint density at radius 3 is 2.19 bits per heavy atom. The van der Waals surface area contributed by atoms with Crippen molar-refractivity contribution in [2.75, 3.05) is 6.54 Å². The van der Waals surface area contributed by atoms with Crippen molar-refractivity contribution in [2.45, 2.75) is 63.2 Å². The van der Waals surface area contributed by atoms with Crippen LogP contribution in [0.25, 0.3) is 0 Å². The summed E-state index contributed by atoms with van der Waals surface area (Å²) in [5.74, 6) is -5.03. The molecule has 1 aromatic rings. The van der Waals surface area contributed by atoms with Gasteiger partial charge in [-0.05, 0) is 26.2 Å². The summed E-state index contributed by atoms with van der Waals surface area (Å²) in [6.45, 7) is 1.37. The van der Waals surface area contributed by atoms with Gasteiger partial charge in [-0.15, -0.1) is 0 Å². The first-order chi connectivity index (χ1) is 16.9. The van der Waals surface area contributed by atoms with Crippen LogP contribution in [-0.2, 0) is 30.4 Å². The van der Waals surface area contributed by atoms with Gasteiger partial charge < -0.3 is 48.3 Å². The van der Waals surface area contributed by atoms with E-state index in [1.165, 1.54) is 19.4 Å². The molecular formula is C20H33N9O7. The van der Waals surface area contributed by atoms with Gasteiger partial charge in [0.1, 0.15) is 18.1 Å². The fourth-order valence-electron chi connectivity index (χ4n) is 2.96. The molecule has 4 atom stereocenters. The summed E-state index contributed by atoms with van der Waals surface area (Å²) in [6.07, 6.45) is 2.58. The Bertz CT molecular complexity index is 932. The second kappa shape index (κ2) is 14.9. The van der Waals surface area contributed by atoms with Crippen LogP contribution >= 0.6 is 0 Å². The van der Waals surface area contributed by atoms with Crippen LogP contribution in [-0.4, -0.2) is 86.5 Å². The largest absolute Gasteiger partial charge is 0.481 e. The molecular weight excluding hydrogens is 478 g/mol. The van der Waals surface area contributed by atoms with Gasteiger partial charge in [0.25, 0.3) is 0 Å². The molecule has 0 spiro atoms. The number of rotatable bonds is 16. The molecule has 3 amide bonds. The monoisotopic (exact) mass is 511 g/mol. The van der Waals surface area contributed by atoms with Crippen LogP contribution in [0.3, 0.4) is 0 Å². The number of nitrogens with one attached hydrogen (secondary N) is 4. The van der Waals surface area contributed by atoms with Crippen molar-refractivity contribution in [3.8, 4) is 0 Å². The summed E-state index contributed by atoms with van der Waals surface area (Å²) in [5.41, 5.74) is 17.1. The number of nitrogens with zero attached hydrogens (tertiary/aromatic N) is 2. The zero-order valence-corrected chi connectivity index (χ0v) is 19.8. The lowest BCUT2D eigenvalue weighted by Crippen LogP contribution is -2.57. The van der Waals surface area contributed by atoms with E-state index in [1.54, 1.807) is 0 Å². The highest BCUT2D eigenvalue weighted by atomic mass is 16.4. The SMILES string of the molecule is CC(NC(=O)C(CCC(=O)O)NC(=O)C(CCCN=C(N)N)NC(=O)C(N)Cc1cnc[nH]1)C(=O)O. The Balaban J connectivity index is 2.97. The number of guanidine groups is 1. The van der Waals surface area contributed by atoms with Gasteiger partial charge in [0, 0.05) is 31.3 Å². The molecule has 0 saturated carbocycles. The lowest BCUT2D eigenvalue weighted by Gasteiger charge is -2.24. The Morgan fingerprint density at radius 2 is 1.64 bits per heavy atom. The average molecular weight is 512 g/mol. The van der Waals surface area contributed by atoms with Crippen LogP contribution in [0.1, 0.15) is 38.3 Å². The number of imidazole rings is 1. The first-order valence-corrected chi connectivity index (χ1v) is 11.0. The molecule has 16 heteroatoms. The second-order valence-electron chi connectivity index (χ2n) is 7.96. The zero-order valence-electron chi connectivity index (χ0n) is 19.8. The lowest BCUT2D eigenvalue weighted by molar-refractivity contribution is -0.142. The number of aromatic nitrogens is 2. The Morgan fingerprint density at radius 1 is 1.03 bits per heavy atom. The van der Waals surface area contributed by atoms with Crippen molar-refractivity contribution in [2.24, 2.45) is 22.2 Å². The molecule has 12 N–H and O–H groups in total. The van der Waals surface area contributed by atoms with Crippen molar-refractivity contribution in [3.63, 3.8) is 0 Å². The standard InChI is InChI=1S/C20H33N9O7/c1-10(19(35)36)27-17(33)14(4-5-15(30)31)29-18(34)13(3-2-6-25-20(22)23)28-16(32)12(21)7-11-8-24-9-26-11/h8-10,12-14H,2-7,21H2,1H3,(H,24,26)(H,27,33)(H,28,32)(H,29,34)(H,30,31)(H,35,36)(H4,22,23,25). The molecule has 0 aliphatic carbocycles. The van der Waals surface area contributed by atoms with E-state index < -0.39 is 60.2 Å². The quantitative estimate of drug-likeness (QED) is 0.0603. The van der Waals surface area contributed by atoms with Gasteiger partial charge in [-0.1, -0.05) is 0 Å². The molecule has 16 nitrogen and oxygen atoms in total. The van der Waals surface area contributed by atoms with Gasteiger partial charge >= 0.3 is 11.9 Å². The molecule has 1 rings (SSSR count). The molecule has 36 heavy (non-hydrogen) atoms. The molecule has 1 aromatic heterocycles. The van der Waals surface area contributed by atoms with Gasteiger partial charge in [0.2, 0.25) is 17.7 Å².